The van der Waals surface area contributed by atoms with Gasteiger partial charge in [-0.05, 0) is 25.3 Å². The molecule has 1 saturated heterocycles. The van der Waals surface area contributed by atoms with Crippen LogP contribution in [-0.4, -0.2) is 34.0 Å². The van der Waals surface area contributed by atoms with Gasteiger partial charge in [-0.15, -0.1) is 0 Å². The number of benzene rings is 1. The Balaban J connectivity index is 1.62. The predicted octanol–water partition coefficient (Wildman–Crippen LogP) is 3.22. The van der Waals surface area contributed by atoms with Crippen LogP contribution in [0.15, 0.2) is 52.0 Å². The van der Waals surface area contributed by atoms with Crippen LogP contribution in [0.25, 0.3) is 0 Å². The molecule has 0 unspecified atom stereocenters. The molecule has 3 aromatic rings. The third-order valence-electron chi connectivity index (χ3n) is 5.09. The van der Waals surface area contributed by atoms with Gasteiger partial charge in [-0.3, -0.25) is 4.68 Å². The number of nitrogens with zero attached hydrogens (tertiary/aromatic N) is 4. The predicted molar refractivity (Wildman–Crippen MR) is 104 cm³/mol. The van der Waals surface area contributed by atoms with Crippen LogP contribution in [0.1, 0.15) is 48.2 Å². The summed E-state index contributed by atoms with van der Waals surface area (Å²) in [5.41, 5.74) is 1.63. The van der Waals surface area contributed by atoms with E-state index in [1.54, 1.807) is 26.4 Å². The molecule has 0 amide bonds. The fraction of sp³-hybridized carbons (Fsp3) is 0.400. The summed E-state index contributed by atoms with van der Waals surface area (Å²) in [5, 5.41) is 4.19. The molecule has 0 saturated carbocycles. The molecule has 1 aliphatic rings. The maximum absolute atomic E-state index is 13.3. The minimum Gasteiger partial charge on any atom is -0.444 e. The molecule has 0 radical (unpaired) electrons. The van der Waals surface area contributed by atoms with E-state index < -0.39 is 10.0 Å². The molecular formula is C20H24N4O3S. The molecular weight excluding hydrogens is 376 g/mol. The fourth-order valence-corrected chi connectivity index (χ4v) is 5.61. The summed E-state index contributed by atoms with van der Waals surface area (Å²) < 4.78 is 35.7. The minimum atomic E-state index is -3.67. The number of oxazole rings is 1. The lowest BCUT2D eigenvalue weighted by atomic mass is 10.1. The molecule has 1 aliphatic heterocycles. The Kier molecular flexibility index (Phi) is 5.07. The quantitative estimate of drug-likeness (QED) is 0.657. The van der Waals surface area contributed by atoms with Gasteiger partial charge in [0.15, 0.2) is 0 Å². The van der Waals surface area contributed by atoms with Crippen molar-refractivity contribution in [2.75, 3.05) is 6.54 Å². The topological polar surface area (TPSA) is 81.2 Å². The van der Waals surface area contributed by atoms with Crippen molar-refractivity contribution in [3.05, 3.63) is 65.6 Å². The highest BCUT2D eigenvalue weighted by atomic mass is 32.2. The Bertz CT molecular complexity index is 1060. The van der Waals surface area contributed by atoms with Crippen LogP contribution in [0.4, 0.5) is 0 Å². The van der Waals surface area contributed by atoms with Crippen LogP contribution in [0.5, 0.6) is 0 Å². The average molecular weight is 401 g/mol. The number of piperidine rings is 1. The number of hydrogen-bond donors (Lipinski definition) is 0. The number of hydrogen-bond acceptors (Lipinski definition) is 5. The standard InChI is InChI=1S/C20H24N4O3S/c1-15-19(14-23(2)22-15)28(25,26)24-11-7-6-10-18(24)20-21-13-17(27-20)12-16-8-4-3-5-9-16/h3-5,8-9,13-14,18H,6-7,10-12H2,1-2H3/t18-/m0/s1. The molecule has 8 heteroatoms. The van der Waals surface area contributed by atoms with Crippen molar-refractivity contribution in [1.82, 2.24) is 19.1 Å². The van der Waals surface area contributed by atoms with E-state index in [9.17, 15) is 8.42 Å². The molecule has 0 spiro atoms. The van der Waals surface area contributed by atoms with Crippen molar-refractivity contribution in [3.8, 4) is 0 Å². The third kappa shape index (κ3) is 3.62. The third-order valence-corrected chi connectivity index (χ3v) is 7.10. The maximum Gasteiger partial charge on any atom is 0.247 e. The van der Waals surface area contributed by atoms with Gasteiger partial charge in [-0.1, -0.05) is 36.8 Å². The van der Waals surface area contributed by atoms with E-state index in [-0.39, 0.29) is 10.9 Å². The molecule has 1 atom stereocenters. The van der Waals surface area contributed by atoms with Crippen LogP contribution >= 0.6 is 0 Å². The summed E-state index contributed by atoms with van der Waals surface area (Å²) in [6.45, 7) is 2.17. The fourth-order valence-electron chi connectivity index (χ4n) is 3.75. The Morgan fingerprint density at radius 1 is 1.21 bits per heavy atom. The second-order valence-corrected chi connectivity index (χ2v) is 9.07. The van der Waals surface area contributed by atoms with Gasteiger partial charge in [0.1, 0.15) is 16.7 Å². The summed E-state index contributed by atoms with van der Waals surface area (Å²) in [7, 11) is -1.94. The summed E-state index contributed by atoms with van der Waals surface area (Å²) >= 11 is 0. The van der Waals surface area contributed by atoms with E-state index in [0.717, 1.165) is 24.2 Å². The highest BCUT2D eigenvalue weighted by Crippen LogP contribution is 2.35. The summed E-state index contributed by atoms with van der Waals surface area (Å²) in [5.74, 6) is 1.21. The largest absolute Gasteiger partial charge is 0.444 e. The maximum atomic E-state index is 13.3. The van der Waals surface area contributed by atoms with Gasteiger partial charge in [0, 0.05) is 26.2 Å². The van der Waals surface area contributed by atoms with Crippen molar-refractivity contribution in [2.24, 2.45) is 7.05 Å². The minimum absolute atomic E-state index is 0.248. The van der Waals surface area contributed by atoms with Crippen molar-refractivity contribution >= 4 is 10.0 Å². The van der Waals surface area contributed by atoms with Gasteiger partial charge in [-0.25, -0.2) is 13.4 Å². The van der Waals surface area contributed by atoms with Crippen molar-refractivity contribution in [3.63, 3.8) is 0 Å². The molecule has 0 aliphatic carbocycles. The van der Waals surface area contributed by atoms with Crippen molar-refractivity contribution in [1.29, 1.82) is 0 Å². The molecule has 1 fully saturated rings. The Morgan fingerprint density at radius 3 is 2.71 bits per heavy atom. The summed E-state index contributed by atoms with van der Waals surface area (Å²) in [4.78, 5) is 4.68. The van der Waals surface area contributed by atoms with E-state index in [4.69, 9.17) is 4.42 Å². The van der Waals surface area contributed by atoms with Gasteiger partial charge in [0.05, 0.1) is 11.9 Å². The first-order valence-electron chi connectivity index (χ1n) is 9.46. The second-order valence-electron chi connectivity index (χ2n) is 7.21. The van der Waals surface area contributed by atoms with Crippen LogP contribution in [0.3, 0.4) is 0 Å². The average Bonchev–Trinajstić information content (AvgIpc) is 3.29. The van der Waals surface area contributed by atoms with Gasteiger partial charge in [0.2, 0.25) is 15.9 Å². The highest BCUT2D eigenvalue weighted by Gasteiger charge is 2.38. The zero-order valence-corrected chi connectivity index (χ0v) is 16.9. The number of sulfonamides is 1. The lowest BCUT2D eigenvalue weighted by molar-refractivity contribution is 0.216. The smallest absolute Gasteiger partial charge is 0.247 e. The van der Waals surface area contributed by atoms with E-state index in [0.29, 0.717) is 31.0 Å². The van der Waals surface area contributed by atoms with Crippen molar-refractivity contribution < 1.29 is 12.8 Å². The first-order valence-corrected chi connectivity index (χ1v) is 10.9. The van der Waals surface area contributed by atoms with E-state index in [1.165, 1.54) is 8.99 Å². The molecule has 28 heavy (non-hydrogen) atoms. The Hall–Kier alpha value is -2.45. The van der Waals surface area contributed by atoms with E-state index in [1.807, 2.05) is 30.3 Å². The number of rotatable bonds is 5. The normalized spacial score (nSPS) is 18.4. The number of aromatic nitrogens is 3. The van der Waals surface area contributed by atoms with E-state index >= 15 is 0 Å². The molecule has 7 nitrogen and oxygen atoms in total. The molecule has 4 rings (SSSR count). The zero-order valence-electron chi connectivity index (χ0n) is 16.1. The first-order chi connectivity index (χ1) is 13.4. The van der Waals surface area contributed by atoms with Crippen LogP contribution < -0.4 is 0 Å². The number of aryl methyl sites for hydroxylation is 2. The van der Waals surface area contributed by atoms with Crippen molar-refractivity contribution in [2.45, 2.75) is 43.5 Å². The zero-order chi connectivity index (χ0) is 19.7. The molecule has 0 N–H and O–H groups in total. The van der Waals surface area contributed by atoms with Gasteiger partial charge >= 0.3 is 0 Å². The molecule has 1 aromatic carbocycles. The lowest BCUT2D eigenvalue weighted by Gasteiger charge is -2.32. The van der Waals surface area contributed by atoms with Crippen LogP contribution in [0, 0.1) is 6.92 Å². The molecule has 148 valence electrons. The summed E-state index contributed by atoms with van der Waals surface area (Å²) in [6, 6.07) is 9.62. The molecule has 0 bridgehead atoms. The Morgan fingerprint density at radius 2 is 2.00 bits per heavy atom. The van der Waals surface area contributed by atoms with E-state index in [2.05, 4.69) is 10.1 Å². The first kappa shape index (κ1) is 18.9. The summed E-state index contributed by atoms with van der Waals surface area (Å²) in [6.07, 6.45) is 6.37. The lowest BCUT2D eigenvalue weighted by Crippen LogP contribution is -2.38. The van der Waals surface area contributed by atoms with Gasteiger partial charge in [-0.2, -0.15) is 9.40 Å². The Labute approximate surface area is 165 Å². The second kappa shape index (κ2) is 7.52. The molecule has 3 heterocycles. The van der Waals surface area contributed by atoms with Gasteiger partial charge in [0.25, 0.3) is 0 Å². The highest BCUT2D eigenvalue weighted by molar-refractivity contribution is 7.89. The van der Waals surface area contributed by atoms with Crippen LogP contribution in [0.2, 0.25) is 0 Å². The monoisotopic (exact) mass is 400 g/mol. The molecule has 2 aromatic heterocycles. The van der Waals surface area contributed by atoms with Gasteiger partial charge < -0.3 is 4.42 Å². The van der Waals surface area contributed by atoms with Crippen LogP contribution in [-0.2, 0) is 23.5 Å². The SMILES string of the molecule is Cc1nn(C)cc1S(=O)(=O)N1CCCC[C@H]1c1ncc(Cc2ccccc2)o1.